The van der Waals surface area contributed by atoms with Gasteiger partial charge in [-0.2, -0.15) is 0 Å². The van der Waals surface area contributed by atoms with Crippen LogP contribution in [0.3, 0.4) is 0 Å². The van der Waals surface area contributed by atoms with Crippen molar-refractivity contribution in [3.8, 4) is 0 Å². The summed E-state index contributed by atoms with van der Waals surface area (Å²) in [5.74, 6) is 0. The molecule has 0 spiro atoms. The van der Waals surface area contributed by atoms with Gasteiger partial charge in [-0.05, 0) is 29.8 Å². The monoisotopic (exact) mass is 179 g/mol. The summed E-state index contributed by atoms with van der Waals surface area (Å²) >= 11 is 0. The summed E-state index contributed by atoms with van der Waals surface area (Å²) in [6.07, 6.45) is 2.52. The van der Waals surface area contributed by atoms with Gasteiger partial charge in [0.1, 0.15) is 0 Å². The van der Waals surface area contributed by atoms with Crippen LogP contribution in [0.15, 0.2) is 18.2 Å². The Labute approximate surface area is 76.0 Å². The summed E-state index contributed by atoms with van der Waals surface area (Å²) in [6.45, 7) is 1.20. The Hall–Kier alpha value is -0.550. The van der Waals surface area contributed by atoms with E-state index in [4.69, 9.17) is 0 Å². The van der Waals surface area contributed by atoms with E-state index in [0.717, 1.165) is 0 Å². The molecule has 64 valence electrons. The molecule has 0 N–H and O–H groups in total. The molecule has 0 aliphatic carbocycles. The van der Waals surface area contributed by atoms with Crippen molar-refractivity contribution < 1.29 is 0 Å². The first kappa shape index (κ1) is 8.07. The summed E-state index contributed by atoms with van der Waals surface area (Å²) in [6, 6.07) is 6.51. The maximum Gasteiger partial charge on any atom is 0.0402 e. The molecule has 0 bridgehead atoms. The maximum atomic E-state index is 2.82. The van der Waals surface area contributed by atoms with Crippen molar-refractivity contribution in [1.82, 2.24) is 0 Å². The smallest absolute Gasteiger partial charge is 0.0402 e. The van der Waals surface area contributed by atoms with Crippen LogP contribution in [0.25, 0.3) is 0 Å². The topological polar surface area (TPSA) is 3.24 Å². The predicted molar refractivity (Wildman–Crippen MR) is 57.4 cm³/mol. The number of hydrogen-bond acceptors (Lipinski definition) is 1. The van der Waals surface area contributed by atoms with Gasteiger partial charge in [-0.3, -0.25) is 0 Å². The first-order valence-corrected chi connectivity index (χ1v) is 4.95. The first-order valence-electron chi connectivity index (χ1n) is 4.37. The second-order valence-corrected chi connectivity index (χ2v) is 3.99. The lowest BCUT2D eigenvalue weighted by Crippen LogP contribution is -2.27. The zero-order valence-electron chi connectivity index (χ0n) is 7.38. The van der Waals surface area contributed by atoms with Crippen LogP contribution in [0.2, 0.25) is 0 Å². The summed E-state index contributed by atoms with van der Waals surface area (Å²) in [5.41, 5.74) is 2.92. The molecule has 0 saturated heterocycles. The minimum absolute atomic E-state index is 1.20. The molecule has 1 heterocycles. The third-order valence-corrected chi connectivity index (χ3v) is 3.06. The van der Waals surface area contributed by atoms with Crippen molar-refractivity contribution in [3.05, 3.63) is 23.8 Å². The Balaban J connectivity index is 2.52. The van der Waals surface area contributed by atoms with E-state index >= 15 is 0 Å². The van der Waals surface area contributed by atoms with Crippen molar-refractivity contribution in [3.63, 3.8) is 0 Å². The highest BCUT2D eigenvalue weighted by Gasteiger charge is 2.13. The van der Waals surface area contributed by atoms with E-state index in [2.05, 4.69) is 39.4 Å². The minimum atomic E-state index is 1.20. The van der Waals surface area contributed by atoms with Gasteiger partial charge in [0.2, 0.25) is 0 Å². The van der Waals surface area contributed by atoms with Crippen LogP contribution in [0.1, 0.15) is 12.0 Å². The molecule has 1 nitrogen and oxygen atoms in total. The Morgan fingerprint density at radius 2 is 2.25 bits per heavy atom. The van der Waals surface area contributed by atoms with Gasteiger partial charge in [-0.15, -0.1) is 9.24 Å². The highest BCUT2D eigenvalue weighted by atomic mass is 31.0. The molecule has 0 aromatic heterocycles. The zero-order chi connectivity index (χ0) is 8.55. The van der Waals surface area contributed by atoms with E-state index in [1.54, 1.807) is 0 Å². The Bertz CT molecular complexity index is 296. The molecule has 0 radical (unpaired) electrons. The van der Waals surface area contributed by atoms with Crippen LogP contribution in [0.4, 0.5) is 5.69 Å². The van der Waals surface area contributed by atoms with Crippen molar-refractivity contribution in [1.29, 1.82) is 0 Å². The zero-order valence-corrected chi connectivity index (χ0v) is 8.53. The molecule has 0 fully saturated rings. The second kappa shape index (κ2) is 3.06. The fourth-order valence-corrected chi connectivity index (χ4v) is 2.24. The van der Waals surface area contributed by atoms with Gasteiger partial charge in [0.15, 0.2) is 0 Å². The Kier molecular flexibility index (Phi) is 2.06. The maximum absolute atomic E-state index is 2.82. The van der Waals surface area contributed by atoms with Crippen LogP contribution in [-0.2, 0) is 6.42 Å². The fraction of sp³-hybridized carbons (Fsp3) is 0.400. The molecule has 2 heteroatoms. The largest absolute Gasteiger partial charge is 0.374 e. The molecule has 1 aromatic rings. The van der Waals surface area contributed by atoms with Crippen LogP contribution in [-0.4, -0.2) is 13.6 Å². The minimum Gasteiger partial charge on any atom is -0.374 e. The standard InChI is InChI=1S/C10H14NP/c1-11-7-3-4-8-9(11)5-2-6-10(8)12/h2,5-6H,3-4,7,12H2,1H3. The van der Waals surface area contributed by atoms with E-state index in [9.17, 15) is 0 Å². The van der Waals surface area contributed by atoms with Gasteiger partial charge in [0.25, 0.3) is 0 Å². The molecule has 1 atom stereocenters. The normalized spacial score (nSPS) is 16.0. The highest BCUT2D eigenvalue weighted by Crippen LogP contribution is 2.24. The van der Waals surface area contributed by atoms with Crippen molar-refractivity contribution >= 4 is 20.2 Å². The number of fused-ring (bicyclic) bond motifs is 1. The molecular formula is C10H14NP. The van der Waals surface area contributed by atoms with Crippen LogP contribution >= 0.6 is 9.24 Å². The van der Waals surface area contributed by atoms with Crippen LogP contribution in [0.5, 0.6) is 0 Å². The van der Waals surface area contributed by atoms with Crippen molar-refractivity contribution in [2.75, 3.05) is 18.5 Å². The second-order valence-electron chi connectivity index (χ2n) is 3.37. The number of rotatable bonds is 0. The average Bonchev–Trinajstić information content (AvgIpc) is 2.07. The predicted octanol–water partition coefficient (Wildman–Crippen LogP) is 1.57. The summed E-state index contributed by atoms with van der Waals surface area (Å²) in [5, 5.41) is 1.36. The fourth-order valence-electron chi connectivity index (χ4n) is 1.84. The molecule has 1 unspecified atom stereocenters. The van der Waals surface area contributed by atoms with Gasteiger partial charge in [-0.25, -0.2) is 0 Å². The summed E-state index contributed by atoms with van der Waals surface area (Å²) < 4.78 is 0. The van der Waals surface area contributed by atoms with Crippen LogP contribution < -0.4 is 10.2 Å². The Morgan fingerprint density at radius 3 is 3.00 bits per heavy atom. The number of benzene rings is 1. The van der Waals surface area contributed by atoms with E-state index in [1.807, 2.05) is 0 Å². The molecule has 12 heavy (non-hydrogen) atoms. The molecule has 0 amide bonds. The highest BCUT2D eigenvalue weighted by molar-refractivity contribution is 7.27. The molecular weight excluding hydrogens is 165 g/mol. The van der Waals surface area contributed by atoms with Gasteiger partial charge in [0, 0.05) is 19.3 Å². The number of anilines is 1. The number of hydrogen-bond donors (Lipinski definition) is 0. The molecule has 1 aliphatic heterocycles. The molecule has 2 rings (SSSR count). The van der Waals surface area contributed by atoms with Crippen LogP contribution in [0, 0.1) is 0 Å². The number of nitrogens with zero attached hydrogens (tertiary/aromatic N) is 1. The van der Waals surface area contributed by atoms with Crippen molar-refractivity contribution in [2.45, 2.75) is 12.8 Å². The van der Waals surface area contributed by atoms with Gasteiger partial charge in [0.05, 0.1) is 0 Å². The quantitative estimate of drug-likeness (QED) is 0.546. The lowest BCUT2D eigenvalue weighted by Gasteiger charge is -2.28. The van der Waals surface area contributed by atoms with Crippen molar-refractivity contribution in [2.24, 2.45) is 0 Å². The molecule has 0 saturated carbocycles. The molecule has 1 aromatic carbocycles. The SMILES string of the molecule is CN1CCCc2c(P)cccc21. The van der Waals surface area contributed by atoms with Gasteiger partial charge < -0.3 is 4.90 Å². The van der Waals surface area contributed by atoms with E-state index in [-0.39, 0.29) is 0 Å². The lowest BCUT2D eigenvalue weighted by molar-refractivity contribution is 0.748. The third kappa shape index (κ3) is 1.23. The molecule has 1 aliphatic rings. The van der Waals surface area contributed by atoms with Gasteiger partial charge >= 0.3 is 0 Å². The average molecular weight is 179 g/mol. The van der Waals surface area contributed by atoms with E-state index in [1.165, 1.54) is 35.9 Å². The first-order chi connectivity index (χ1) is 5.79. The third-order valence-electron chi connectivity index (χ3n) is 2.52. The Morgan fingerprint density at radius 1 is 1.42 bits per heavy atom. The van der Waals surface area contributed by atoms with E-state index < -0.39 is 0 Å². The van der Waals surface area contributed by atoms with E-state index in [0.29, 0.717) is 0 Å². The summed E-state index contributed by atoms with van der Waals surface area (Å²) in [7, 11) is 4.99. The van der Waals surface area contributed by atoms with Gasteiger partial charge in [-0.1, -0.05) is 12.1 Å². The lowest BCUT2D eigenvalue weighted by atomic mass is 10.0. The summed E-state index contributed by atoms with van der Waals surface area (Å²) in [4.78, 5) is 2.34.